The smallest absolute Gasteiger partial charge is 0.327 e. The van der Waals surface area contributed by atoms with Crippen LogP contribution in [-0.2, 0) is 52.7 Å². The van der Waals surface area contributed by atoms with Crippen molar-refractivity contribution in [3.05, 3.63) is 0 Å². The van der Waals surface area contributed by atoms with Crippen molar-refractivity contribution >= 4 is 90.4 Å². The van der Waals surface area contributed by atoms with E-state index in [0.717, 1.165) is 11.8 Å². The Bertz CT molecular complexity index is 1670. The van der Waals surface area contributed by atoms with Crippen molar-refractivity contribution in [3.63, 3.8) is 0 Å². The molecule has 17 N–H and O–H groups in total. The van der Waals surface area contributed by atoms with E-state index in [2.05, 4.69) is 51.8 Å². The number of hydrogen-bond acceptors (Lipinski definition) is 17. The fraction of sp³-hybridized carbons (Fsp3) is 0.686. The largest absolute Gasteiger partial charge is 0.481 e. The Morgan fingerprint density at radius 2 is 1.25 bits per heavy atom. The van der Waals surface area contributed by atoms with Gasteiger partial charge in [0.15, 0.2) is 0 Å². The van der Waals surface area contributed by atoms with Gasteiger partial charge in [-0.25, -0.2) is 4.79 Å². The van der Waals surface area contributed by atoms with Gasteiger partial charge in [0.25, 0.3) is 0 Å². The van der Waals surface area contributed by atoms with Gasteiger partial charge in [-0.2, -0.15) is 25.3 Å². The monoisotopic (exact) mass is 937 g/mol. The number of aliphatic hydroxyl groups is 2. The quantitative estimate of drug-likeness (QED) is 0.0256. The van der Waals surface area contributed by atoms with Crippen LogP contribution >= 0.6 is 25.3 Å². The van der Waals surface area contributed by atoms with E-state index in [-0.39, 0.29) is 43.9 Å². The second-order valence-corrected chi connectivity index (χ2v) is 15.3. The Hall–Kier alpha value is -5.29. The van der Waals surface area contributed by atoms with Crippen LogP contribution in [0.2, 0.25) is 0 Å². The Morgan fingerprint density at radius 1 is 0.698 bits per heavy atom. The first-order valence-corrected chi connectivity index (χ1v) is 20.9. The highest BCUT2D eigenvalue weighted by molar-refractivity contribution is 7.80. The van der Waals surface area contributed by atoms with Crippen LogP contribution in [0.3, 0.4) is 0 Å². The number of nitrogens with two attached hydrogens (primary N) is 3. The number of hydrogen-bond donors (Lipinski definition) is 16. The number of carbonyl (C=O) groups is 11. The lowest BCUT2D eigenvalue weighted by atomic mass is 10.0. The van der Waals surface area contributed by atoms with Crippen molar-refractivity contribution in [1.29, 1.82) is 0 Å². The lowest BCUT2D eigenvalue weighted by molar-refractivity contribution is -0.144. The zero-order valence-corrected chi connectivity index (χ0v) is 36.4. The van der Waals surface area contributed by atoms with Gasteiger partial charge in [-0.15, -0.1) is 0 Å². The third kappa shape index (κ3) is 18.9. The number of likely N-dealkylation sites (tertiary alicyclic amines) is 1. The van der Waals surface area contributed by atoms with Gasteiger partial charge >= 0.3 is 11.9 Å². The van der Waals surface area contributed by atoms with Crippen molar-refractivity contribution in [2.75, 3.05) is 31.1 Å². The molecule has 1 fully saturated rings. The molecule has 356 valence electrons. The van der Waals surface area contributed by atoms with Gasteiger partial charge < -0.3 is 79.7 Å². The Balaban J connectivity index is 3.17. The molecule has 0 aliphatic carbocycles. The maximum absolute atomic E-state index is 14.0. The summed E-state index contributed by atoms with van der Waals surface area (Å²) in [4.78, 5) is 141. The van der Waals surface area contributed by atoms with E-state index < -0.39 is 145 Å². The Labute approximate surface area is 372 Å². The third-order valence-electron chi connectivity index (χ3n) is 9.35. The van der Waals surface area contributed by atoms with Crippen LogP contribution < -0.4 is 54.4 Å². The van der Waals surface area contributed by atoms with Crippen LogP contribution in [0.5, 0.6) is 0 Å². The summed E-state index contributed by atoms with van der Waals surface area (Å²) in [5.41, 5.74) is 16.4. The van der Waals surface area contributed by atoms with Crippen molar-refractivity contribution in [2.45, 2.75) is 119 Å². The molecule has 0 aromatic heterocycles. The molecule has 0 bridgehead atoms. The van der Waals surface area contributed by atoms with Crippen molar-refractivity contribution in [2.24, 2.45) is 17.2 Å². The van der Waals surface area contributed by atoms with Gasteiger partial charge in [-0.1, -0.05) is 0 Å². The maximum atomic E-state index is 14.0. The van der Waals surface area contributed by atoms with Gasteiger partial charge in [0.1, 0.15) is 42.3 Å². The van der Waals surface area contributed by atoms with Crippen molar-refractivity contribution < 1.29 is 73.2 Å². The summed E-state index contributed by atoms with van der Waals surface area (Å²) in [5.74, 6) is -12.7. The molecular formula is C35H59N11O15S2. The Morgan fingerprint density at radius 3 is 1.76 bits per heavy atom. The number of thiol groups is 2. The van der Waals surface area contributed by atoms with Crippen molar-refractivity contribution in [3.8, 4) is 0 Å². The normalized spacial score (nSPS) is 17.7. The minimum Gasteiger partial charge on any atom is -0.481 e. The van der Waals surface area contributed by atoms with Gasteiger partial charge in [0.05, 0.1) is 37.6 Å². The van der Waals surface area contributed by atoms with Gasteiger partial charge in [0, 0.05) is 18.1 Å². The fourth-order valence-corrected chi connectivity index (χ4v) is 6.38. The molecule has 63 heavy (non-hydrogen) atoms. The topological polar surface area (TPSA) is 434 Å². The zero-order chi connectivity index (χ0) is 48.1. The molecule has 1 aliphatic heterocycles. The van der Waals surface area contributed by atoms with E-state index >= 15 is 0 Å². The first kappa shape index (κ1) is 55.7. The molecule has 9 amide bonds. The summed E-state index contributed by atoms with van der Waals surface area (Å²) < 4.78 is 0. The standard InChI is InChI=1S/C35H59N11O15S2/c1-15(47)26(44-28(53)17(37)13-62)32(57)41-18(6-3-4-8-36)34(59)46-9-5-7-22(46)31(56)45-27(16(2)48)33(58)42-20(11-25(51)52)29(54)39-12-24(50)40-19(10-23(38)49)30(55)43-21(14-63)35(60)61/h15-22,26-27,47-48,62-63H,3-14,36-37H2,1-2H3,(H2,38,49)(H,39,54)(H,40,50)(H,41,57)(H,42,58)(H,43,55)(H,44,53)(H,45,56)(H,51,52)(H,60,61)/t15-,16-,17+,18+,19+,20+,21+,22+,26+,27+/m1/s1. The molecule has 1 heterocycles. The molecule has 28 heteroatoms. The summed E-state index contributed by atoms with van der Waals surface area (Å²) in [5, 5.41) is 54.8. The second-order valence-electron chi connectivity index (χ2n) is 14.5. The summed E-state index contributed by atoms with van der Waals surface area (Å²) in [7, 11) is 0. The lowest BCUT2D eigenvalue weighted by Gasteiger charge is -2.31. The highest BCUT2D eigenvalue weighted by Gasteiger charge is 2.41. The van der Waals surface area contributed by atoms with Crippen LogP contribution in [0.15, 0.2) is 0 Å². The number of carbonyl (C=O) groups excluding carboxylic acids is 9. The minimum absolute atomic E-state index is 0.0139. The number of rotatable bonds is 28. The number of amides is 9. The van der Waals surface area contributed by atoms with Gasteiger partial charge in [0.2, 0.25) is 53.2 Å². The molecule has 0 aromatic carbocycles. The molecule has 10 atom stereocenters. The molecule has 0 aromatic rings. The van der Waals surface area contributed by atoms with Crippen LogP contribution in [-0.4, -0.2) is 182 Å². The van der Waals surface area contributed by atoms with E-state index in [4.69, 9.17) is 22.3 Å². The van der Waals surface area contributed by atoms with E-state index in [0.29, 0.717) is 12.8 Å². The van der Waals surface area contributed by atoms with Crippen LogP contribution in [0.4, 0.5) is 0 Å². The number of primary amides is 1. The molecule has 1 saturated heterocycles. The first-order chi connectivity index (χ1) is 29.5. The SMILES string of the molecule is C[C@@H](O)[C@H](NC(=O)[C@@H](N)CS)C(=O)N[C@@H](CCCCN)C(=O)N1CCC[C@H]1C(=O)N[C@H](C(=O)N[C@@H](CC(=O)O)C(=O)NCC(=O)N[C@@H](CC(N)=O)C(=O)N[C@@H](CS)C(=O)O)[C@@H](C)O. The molecule has 1 rings (SSSR count). The number of carboxylic acid groups (broad SMARTS) is 2. The summed E-state index contributed by atoms with van der Waals surface area (Å²) >= 11 is 7.75. The number of unbranched alkanes of at least 4 members (excludes halogenated alkanes) is 1. The lowest BCUT2D eigenvalue weighted by Crippen LogP contribution is -2.61. The third-order valence-corrected chi connectivity index (χ3v) is 10.1. The highest BCUT2D eigenvalue weighted by Crippen LogP contribution is 2.21. The first-order valence-electron chi connectivity index (χ1n) is 19.6. The van der Waals surface area contributed by atoms with E-state index in [1.54, 1.807) is 0 Å². The highest BCUT2D eigenvalue weighted by atomic mass is 32.1. The van der Waals surface area contributed by atoms with E-state index in [1.807, 2.05) is 10.6 Å². The predicted molar refractivity (Wildman–Crippen MR) is 225 cm³/mol. The summed E-state index contributed by atoms with van der Waals surface area (Å²) in [6.45, 7) is 1.63. The van der Waals surface area contributed by atoms with E-state index in [1.165, 1.54) is 6.92 Å². The second kappa shape index (κ2) is 27.7. The van der Waals surface area contributed by atoms with Crippen molar-refractivity contribution in [1.82, 2.24) is 42.1 Å². The molecule has 0 radical (unpaired) electrons. The predicted octanol–water partition coefficient (Wildman–Crippen LogP) is -7.49. The molecule has 0 saturated carbocycles. The van der Waals surface area contributed by atoms with Crippen LogP contribution in [0.25, 0.3) is 0 Å². The molecular weight excluding hydrogens is 879 g/mol. The number of aliphatic carboxylic acids is 2. The fourth-order valence-electron chi connectivity index (χ4n) is 5.97. The van der Waals surface area contributed by atoms with Gasteiger partial charge in [-0.3, -0.25) is 47.9 Å². The number of nitrogens with zero attached hydrogens (tertiary/aromatic N) is 1. The molecule has 0 spiro atoms. The van der Waals surface area contributed by atoms with E-state index in [9.17, 15) is 68.1 Å². The summed E-state index contributed by atoms with van der Waals surface area (Å²) in [6.07, 6.45) is -3.80. The molecule has 26 nitrogen and oxygen atoms in total. The number of carboxylic acids is 2. The summed E-state index contributed by atoms with van der Waals surface area (Å²) in [6, 6.07) is -12.2. The van der Waals surface area contributed by atoms with Crippen LogP contribution in [0.1, 0.15) is 58.8 Å². The van der Waals surface area contributed by atoms with Crippen LogP contribution in [0, 0.1) is 0 Å². The molecule has 1 aliphatic rings. The average Bonchev–Trinajstić information content (AvgIpc) is 3.70. The number of nitrogens with one attached hydrogen (secondary N) is 7. The number of aliphatic hydroxyl groups excluding tert-OH is 2. The molecule has 0 unspecified atom stereocenters. The average molecular weight is 938 g/mol. The minimum atomic E-state index is -1.93. The zero-order valence-electron chi connectivity index (χ0n) is 34.6. The maximum Gasteiger partial charge on any atom is 0.327 e. The Kier molecular flexibility index (Phi) is 24.5. The van der Waals surface area contributed by atoms with Gasteiger partial charge in [-0.05, 0) is 52.5 Å².